The number of ether oxygens (including phenoxy) is 3. The maximum Gasteiger partial charge on any atom is 0.338 e. The van der Waals surface area contributed by atoms with E-state index in [0.717, 1.165) is 16.7 Å². The van der Waals surface area contributed by atoms with Gasteiger partial charge in [0.2, 0.25) is 0 Å². The Hall–Kier alpha value is -4.71. The van der Waals surface area contributed by atoms with E-state index in [-0.39, 0.29) is 24.5 Å². The summed E-state index contributed by atoms with van der Waals surface area (Å²) in [7, 11) is 0. The third-order valence-electron chi connectivity index (χ3n) is 5.20. The number of rotatable bonds is 11. The van der Waals surface area contributed by atoms with Crippen molar-refractivity contribution < 1.29 is 28.2 Å². The first-order chi connectivity index (χ1) is 18.2. The lowest BCUT2D eigenvalue weighted by Gasteiger charge is -2.07. The number of carbonyl (C=O) groups is 2. The van der Waals surface area contributed by atoms with E-state index >= 15 is 0 Å². The fourth-order valence-corrected chi connectivity index (χ4v) is 3.09. The first-order valence-electron chi connectivity index (χ1n) is 11.9. The predicted octanol–water partition coefficient (Wildman–Crippen LogP) is 7.15. The summed E-state index contributed by atoms with van der Waals surface area (Å²) in [4.78, 5) is 22.9. The number of esters is 2. The van der Waals surface area contributed by atoms with Crippen LogP contribution in [-0.4, -0.2) is 25.2 Å². The van der Waals surface area contributed by atoms with Gasteiger partial charge in [-0.05, 0) is 54.8 Å². The SMILES string of the molecule is C=C(C)C(=O)OCCOc1ccc(C=Cc2ccc(C=Cc3ccc(OC(=O)C(=C)C)cc3F)cc2)cc1. The van der Waals surface area contributed by atoms with Gasteiger partial charge in [0.05, 0.1) is 0 Å². The fourth-order valence-electron chi connectivity index (χ4n) is 3.09. The second-order valence-electron chi connectivity index (χ2n) is 8.52. The summed E-state index contributed by atoms with van der Waals surface area (Å²) in [6.45, 7) is 10.6. The van der Waals surface area contributed by atoms with E-state index in [4.69, 9.17) is 14.2 Å². The average molecular weight is 513 g/mol. The minimum absolute atomic E-state index is 0.132. The highest BCUT2D eigenvalue weighted by molar-refractivity contribution is 5.89. The number of carbonyl (C=O) groups excluding carboxylic acids is 2. The number of halogens is 1. The minimum Gasteiger partial charge on any atom is -0.490 e. The molecule has 0 saturated carbocycles. The van der Waals surface area contributed by atoms with Crippen LogP contribution in [0.1, 0.15) is 36.1 Å². The Balaban J connectivity index is 1.51. The van der Waals surface area contributed by atoms with Crippen molar-refractivity contribution in [2.24, 2.45) is 0 Å². The van der Waals surface area contributed by atoms with Crippen molar-refractivity contribution in [3.63, 3.8) is 0 Å². The van der Waals surface area contributed by atoms with Gasteiger partial charge < -0.3 is 14.2 Å². The number of hydrogen-bond acceptors (Lipinski definition) is 5. The Bertz CT molecular complexity index is 1370. The van der Waals surface area contributed by atoms with E-state index in [1.54, 1.807) is 19.1 Å². The van der Waals surface area contributed by atoms with Gasteiger partial charge in [-0.15, -0.1) is 0 Å². The lowest BCUT2D eigenvalue weighted by molar-refractivity contribution is -0.139. The molecule has 3 aromatic rings. The van der Waals surface area contributed by atoms with Crippen molar-refractivity contribution in [1.29, 1.82) is 0 Å². The molecule has 0 bridgehead atoms. The first-order valence-corrected chi connectivity index (χ1v) is 11.9. The molecule has 0 N–H and O–H groups in total. The van der Waals surface area contributed by atoms with Crippen molar-refractivity contribution in [3.05, 3.63) is 119 Å². The van der Waals surface area contributed by atoms with E-state index in [0.29, 0.717) is 16.9 Å². The molecule has 0 aliphatic heterocycles. The predicted molar refractivity (Wildman–Crippen MR) is 149 cm³/mol. The van der Waals surface area contributed by atoms with Gasteiger partial charge in [0.25, 0.3) is 0 Å². The Kier molecular flexibility index (Phi) is 9.94. The van der Waals surface area contributed by atoms with Crippen LogP contribution in [0.25, 0.3) is 24.3 Å². The van der Waals surface area contributed by atoms with E-state index in [9.17, 15) is 14.0 Å². The van der Waals surface area contributed by atoms with Crippen LogP contribution in [0.15, 0.2) is 91.0 Å². The van der Waals surface area contributed by atoms with Crippen LogP contribution in [0.4, 0.5) is 4.39 Å². The van der Waals surface area contributed by atoms with Crippen molar-refractivity contribution >= 4 is 36.2 Å². The summed E-state index contributed by atoms with van der Waals surface area (Å²) in [5.41, 5.74) is 3.90. The lowest BCUT2D eigenvalue weighted by atomic mass is 10.1. The molecule has 0 atom stereocenters. The molecule has 38 heavy (non-hydrogen) atoms. The highest BCUT2D eigenvalue weighted by atomic mass is 19.1. The van der Waals surface area contributed by atoms with Gasteiger partial charge in [0.15, 0.2) is 0 Å². The molecular weight excluding hydrogens is 483 g/mol. The molecule has 6 heteroatoms. The largest absolute Gasteiger partial charge is 0.490 e. The quantitative estimate of drug-likeness (QED) is 0.0898. The van der Waals surface area contributed by atoms with Gasteiger partial charge in [-0.1, -0.05) is 73.9 Å². The van der Waals surface area contributed by atoms with Crippen LogP contribution in [-0.2, 0) is 14.3 Å². The van der Waals surface area contributed by atoms with Gasteiger partial charge in [0.1, 0.15) is 30.5 Å². The summed E-state index contributed by atoms with van der Waals surface area (Å²) in [6.07, 6.45) is 7.45. The van der Waals surface area contributed by atoms with E-state index < -0.39 is 17.8 Å². The molecule has 0 aliphatic carbocycles. The molecule has 0 aliphatic rings. The van der Waals surface area contributed by atoms with Gasteiger partial charge in [0, 0.05) is 22.8 Å². The molecule has 0 aromatic heterocycles. The second-order valence-corrected chi connectivity index (χ2v) is 8.52. The van der Waals surface area contributed by atoms with E-state index in [1.807, 2.05) is 66.8 Å². The van der Waals surface area contributed by atoms with Crippen LogP contribution in [0, 0.1) is 5.82 Å². The highest BCUT2D eigenvalue weighted by Crippen LogP contribution is 2.20. The van der Waals surface area contributed by atoms with Crippen LogP contribution < -0.4 is 9.47 Å². The third kappa shape index (κ3) is 8.75. The molecule has 0 heterocycles. The fraction of sp³-hybridized carbons (Fsp3) is 0.125. The second kappa shape index (κ2) is 13.6. The Morgan fingerprint density at radius 2 is 1.21 bits per heavy atom. The van der Waals surface area contributed by atoms with E-state index in [1.165, 1.54) is 19.1 Å². The summed E-state index contributed by atoms with van der Waals surface area (Å²) >= 11 is 0. The average Bonchev–Trinajstić information content (AvgIpc) is 2.90. The lowest BCUT2D eigenvalue weighted by Crippen LogP contribution is -2.12. The maximum absolute atomic E-state index is 14.4. The zero-order valence-corrected chi connectivity index (χ0v) is 21.4. The van der Waals surface area contributed by atoms with Gasteiger partial charge in [-0.2, -0.15) is 0 Å². The summed E-state index contributed by atoms with van der Waals surface area (Å²) in [5.74, 6) is -0.697. The molecule has 0 radical (unpaired) electrons. The van der Waals surface area contributed by atoms with E-state index in [2.05, 4.69) is 13.2 Å². The molecule has 0 saturated heterocycles. The number of benzene rings is 3. The monoisotopic (exact) mass is 512 g/mol. The Labute approximate surface area is 222 Å². The topological polar surface area (TPSA) is 61.8 Å². The number of hydrogen-bond donors (Lipinski definition) is 0. The van der Waals surface area contributed by atoms with Crippen LogP contribution in [0.3, 0.4) is 0 Å². The molecule has 0 amide bonds. The van der Waals surface area contributed by atoms with Crippen molar-refractivity contribution in [3.8, 4) is 11.5 Å². The van der Waals surface area contributed by atoms with Gasteiger partial charge in [-0.3, -0.25) is 0 Å². The molecule has 3 rings (SSSR count). The molecule has 194 valence electrons. The maximum atomic E-state index is 14.4. The first kappa shape index (κ1) is 27.9. The normalized spacial score (nSPS) is 10.9. The van der Waals surface area contributed by atoms with Gasteiger partial charge in [-0.25, -0.2) is 14.0 Å². The smallest absolute Gasteiger partial charge is 0.338 e. The molecular formula is C32H29FO5. The highest BCUT2D eigenvalue weighted by Gasteiger charge is 2.08. The Morgan fingerprint density at radius 1 is 0.711 bits per heavy atom. The zero-order chi connectivity index (χ0) is 27.5. The van der Waals surface area contributed by atoms with Crippen LogP contribution in [0.2, 0.25) is 0 Å². The summed E-state index contributed by atoms with van der Waals surface area (Å²) in [5, 5.41) is 0. The summed E-state index contributed by atoms with van der Waals surface area (Å²) < 4.78 is 30.0. The molecule has 5 nitrogen and oxygen atoms in total. The molecule has 3 aromatic carbocycles. The van der Waals surface area contributed by atoms with Crippen molar-refractivity contribution in [2.75, 3.05) is 13.2 Å². The molecule has 0 fully saturated rings. The third-order valence-corrected chi connectivity index (χ3v) is 5.20. The molecule has 0 spiro atoms. The Morgan fingerprint density at radius 3 is 1.74 bits per heavy atom. The standard InChI is InChI=1S/C32H29FO5/c1-22(2)31(34)37-20-19-36-28-16-12-26(13-17-28)10-7-24-5-8-25(9-6-24)11-14-27-15-18-29(21-30(27)33)38-32(35)23(3)4/h5-18,21H,1,3,19-20H2,2,4H3. The molecule has 0 unspecified atom stereocenters. The van der Waals surface area contributed by atoms with Crippen molar-refractivity contribution in [1.82, 2.24) is 0 Å². The minimum atomic E-state index is -0.594. The van der Waals surface area contributed by atoms with Gasteiger partial charge >= 0.3 is 11.9 Å². The van der Waals surface area contributed by atoms with Crippen LogP contribution in [0.5, 0.6) is 11.5 Å². The van der Waals surface area contributed by atoms with Crippen LogP contribution >= 0.6 is 0 Å². The zero-order valence-electron chi connectivity index (χ0n) is 21.4. The van der Waals surface area contributed by atoms with Crippen molar-refractivity contribution in [2.45, 2.75) is 13.8 Å². The summed E-state index contributed by atoms with van der Waals surface area (Å²) in [6, 6.07) is 19.7.